The number of esters is 1. The molecule has 4 rings (SSSR count). The van der Waals surface area contributed by atoms with Crippen LogP contribution in [0.25, 0.3) is 0 Å². The molecule has 0 amide bonds. The summed E-state index contributed by atoms with van der Waals surface area (Å²) in [5.74, 6) is 0.00571. The van der Waals surface area contributed by atoms with Crippen molar-refractivity contribution in [2.45, 2.75) is 26.4 Å². The van der Waals surface area contributed by atoms with Gasteiger partial charge in [0.2, 0.25) is 0 Å². The molecular formula is C23H24N4O4S. The van der Waals surface area contributed by atoms with Gasteiger partial charge in [0.25, 0.3) is 5.69 Å². The molecule has 0 spiro atoms. The molecule has 1 aliphatic heterocycles. The number of hydrogen-bond donors (Lipinski definition) is 1. The Kier molecular flexibility index (Phi) is 6.65. The number of anilines is 3. The summed E-state index contributed by atoms with van der Waals surface area (Å²) >= 11 is 1.41. The third kappa shape index (κ3) is 5.23. The van der Waals surface area contributed by atoms with Crippen molar-refractivity contribution in [2.24, 2.45) is 5.92 Å². The highest BCUT2D eigenvalue weighted by molar-refractivity contribution is 7.13. The fourth-order valence-corrected chi connectivity index (χ4v) is 4.33. The second-order valence-corrected chi connectivity index (χ2v) is 8.70. The summed E-state index contributed by atoms with van der Waals surface area (Å²) in [6.07, 6.45) is 1.99. The molecule has 1 fully saturated rings. The zero-order chi connectivity index (χ0) is 22.5. The van der Waals surface area contributed by atoms with Crippen molar-refractivity contribution in [3.63, 3.8) is 0 Å². The number of hydrogen-bond acceptors (Lipinski definition) is 8. The summed E-state index contributed by atoms with van der Waals surface area (Å²) in [5.41, 5.74) is 2.16. The number of benzene rings is 2. The lowest BCUT2D eigenvalue weighted by molar-refractivity contribution is -0.384. The van der Waals surface area contributed by atoms with E-state index in [-0.39, 0.29) is 17.9 Å². The first kappa shape index (κ1) is 21.8. The molecule has 9 heteroatoms. The fourth-order valence-electron chi connectivity index (χ4n) is 3.61. The molecule has 166 valence electrons. The molecule has 3 aromatic rings. The molecule has 0 atom stereocenters. The first-order chi connectivity index (χ1) is 15.5. The van der Waals surface area contributed by atoms with Gasteiger partial charge in [-0.3, -0.25) is 10.1 Å². The lowest BCUT2D eigenvalue weighted by atomic mass is 9.98. The molecule has 32 heavy (non-hydrogen) atoms. The molecule has 1 aliphatic rings. The Morgan fingerprint density at radius 2 is 2.00 bits per heavy atom. The molecule has 1 aromatic heterocycles. The standard InChI is InChI=1S/C23H24N4O4S/c1-16-9-11-26(12-10-16)20-8-7-17(13-21(20)27(29)30)22(28)31-14-19-15-32-23(25-19)24-18-5-3-2-4-6-18/h2-8,13,15-16H,9-12,14H2,1H3,(H,24,25). The smallest absolute Gasteiger partial charge is 0.338 e. The molecular weight excluding hydrogens is 428 g/mol. The number of ether oxygens (including phenoxy) is 1. The highest BCUT2D eigenvalue weighted by Crippen LogP contribution is 2.32. The van der Waals surface area contributed by atoms with E-state index in [4.69, 9.17) is 4.74 Å². The van der Waals surface area contributed by atoms with E-state index in [0.29, 0.717) is 22.4 Å². The second-order valence-electron chi connectivity index (χ2n) is 7.84. The van der Waals surface area contributed by atoms with Gasteiger partial charge in [0, 0.05) is 30.2 Å². The van der Waals surface area contributed by atoms with E-state index in [9.17, 15) is 14.9 Å². The van der Waals surface area contributed by atoms with Crippen LogP contribution in [0.2, 0.25) is 0 Å². The Morgan fingerprint density at radius 3 is 2.72 bits per heavy atom. The van der Waals surface area contributed by atoms with Gasteiger partial charge in [-0.2, -0.15) is 0 Å². The molecule has 1 N–H and O–H groups in total. The average molecular weight is 453 g/mol. The van der Waals surface area contributed by atoms with Crippen molar-refractivity contribution in [1.29, 1.82) is 0 Å². The van der Waals surface area contributed by atoms with E-state index in [2.05, 4.69) is 17.2 Å². The van der Waals surface area contributed by atoms with Crippen LogP contribution in [0.15, 0.2) is 53.9 Å². The van der Waals surface area contributed by atoms with Crippen molar-refractivity contribution >= 4 is 39.5 Å². The van der Waals surface area contributed by atoms with Crippen molar-refractivity contribution in [3.05, 3.63) is 75.3 Å². The lowest BCUT2D eigenvalue weighted by Gasteiger charge is -2.31. The third-order valence-electron chi connectivity index (χ3n) is 5.46. The number of carbonyl (C=O) groups is 1. The topological polar surface area (TPSA) is 97.6 Å². The number of rotatable bonds is 7. The molecule has 0 bridgehead atoms. The molecule has 8 nitrogen and oxygen atoms in total. The molecule has 2 aromatic carbocycles. The Hall–Kier alpha value is -3.46. The van der Waals surface area contributed by atoms with E-state index in [1.165, 1.54) is 17.4 Å². The number of piperidine rings is 1. The quantitative estimate of drug-likeness (QED) is 0.292. The summed E-state index contributed by atoms with van der Waals surface area (Å²) in [5, 5.41) is 17.3. The third-order valence-corrected chi connectivity index (χ3v) is 6.27. The fraction of sp³-hybridized carbons (Fsp3) is 0.304. The maximum atomic E-state index is 12.5. The Balaban J connectivity index is 1.40. The van der Waals surface area contributed by atoms with E-state index in [0.717, 1.165) is 31.6 Å². The van der Waals surface area contributed by atoms with E-state index in [1.54, 1.807) is 17.5 Å². The van der Waals surface area contributed by atoms with Gasteiger partial charge < -0.3 is 15.0 Å². The monoisotopic (exact) mass is 452 g/mol. The van der Waals surface area contributed by atoms with Gasteiger partial charge in [0.15, 0.2) is 5.13 Å². The molecule has 0 unspecified atom stereocenters. The van der Waals surface area contributed by atoms with E-state index in [1.807, 2.05) is 35.2 Å². The van der Waals surface area contributed by atoms with Gasteiger partial charge in [0.1, 0.15) is 12.3 Å². The van der Waals surface area contributed by atoms with Crippen molar-refractivity contribution in [2.75, 3.05) is 23.3 Å². The minimum atomic E-state index is -0.613. The Bertz CT molecular complexity index is 1090. The van der Waals surface area contributed by atoms with Crippen LogP contribution in [-0.4, -0.2) is 29.0 Å². The Labute approximate surface area is 190 Å². The maximum Gasteiger partial charge on any atom is 0.338 e. The summed E-state index contributed by atoms with van der Waals surface area (Å²) in [7, 11) is 0. The highest BCUT2D eigenvalue weighted by atomic mass is 32.1. The van der Waals surface area contributed by atoms with Gasteiger partial charge in [-0.15, -0.1) is 11.3 Å². The van der Waals surface area contributed by atoms with Gasteiger partial charge in [-0.1, -0.05) is 25.1 Å². The Morgan fingerprint density at radius 1 is 1.25 bits per heavy atom. The minimum Gasteiger partial charge on any atom is -0.456 e. The molecule has 0 saturated carbocycles. The second kappa shape index (κ2) is 9.78. The number of nitro groups is 1. The molecule has 2 heterocycles. The summed E-state index contributed by atoms with van der Waals surface area (Å²) in [4.78, 5) is 30.2. The molecule has 0 radical (unpaired) electrons. The first-order valence-corrected chi connectivity index (χ1v) is 11.3. The van der Waals surface area contributed by atoms with Crippen molar-refractivity contribution in [1.82, 2.24) is 4.98 Å². The zero-order valence-electron chi connectivity index (χ0n) is 17.7. The van der Waals surface area contributed by atoms with Crippen LogP contribution < -0.4 is 10.2 Å². The van der Waals surface area contributed by atoms with Crippen molar-refractivity contribution < 1.29 is 14.5 Å². The molecule has 0 aliphatic carbocycles. The van der Waals surface area contributed by atoms with Gasteiger partial charge in [-0.05, 0) is 43.0 Å². The number of nitrogens with zero attached hydrogens (tertiary/aromatic N) is 3. The van der Waals surface area contributed by atoms with Crippen LogP contribution in [0.5, 0.6) is 0 Å². The van der Waals surface area contributed by atoms with Crippen LogP contribution >= 0.6 is 11.3 Å². The number of nitrogens with one attached hydrogen (secondary N) is 1. The number of para-hydroxylation sites is 1. The van der Waals surface area contributed by atoms with E-state index >= 15 is 0 Å². The maximum absolute atomic E-state index is 12.5. The number of carbonyl (C=O) groups excluding carboxylic acids is 1. The van der Waals surface area contributed by atoms with Crippen LogP contribution in [-0.2, 0) is 11.3 Å². The van der Waals surface area contributed by atoms with Crippen molar-refractivity contribution in [3.8, 4) is 0 Å². The molecule has 1 saturated heterocycles. The van der Waals surface area contributed by atoms with Crippen LogP contribution in [0.4, 0.5) is 22.2 Å². The SMILES string of the molecule is CC1CCN(c2ccc(C(=O)OCc3csc(Nc4ccccc4)n3)cc2[N+](=O)[O-])CC1. The van der Waals surface area contributed by atoms with Gasteiger partial charge in [-0.25, -0.2) is 9.78 Å². The van der Waals surface area contributed by atoms with E-state index < -0.39 is 10.9 Å². The first-order valence-electron chi connectivity index (χ1n) is 10.5. The predicted octanol–water partition coefficient (Wildman–Crippen LogP) is 5.39. The normalized spacial score (nSPS) is 14.2. The lowest BCUT2D eigenvalue weighted by Crippen LogP contribution is -2.33. The summed E-state index contributed by atoms with van der Waals surface area (Å²) < 4.78 is 5.35. The predicted molar refractivity (Wildman–Crippen MR) is 125 cm³/mol. The largest absolute Gasteiger partial charge is 0.456 e. The summed E-state index contributed by atoms with van der Waals surface area (Å²) in [6.45, 7) is 3.73. The number of aromatic nitrogens is 1. The number of nitro benzene ring substituents is 1. The van der Waals surface area contributed by atoms with Crippen LogP contribution in [0.1, 0.15) is 35.8 Å². The summed E-state index contributed by atoms with van der Waals surface area (Å²) in [6, 6.07) is 14.2. The van der Waals surface area contributed by atoms with Crippen LogP contribution in [0, 0.1) is 16.0 Å². The van der Waals surface area contributed by atoms with Gasteiger partial charge in [0.05, 0.1) is 16.2 Å². The van der Waals surface area contributed by atoms with Gasteiger partial charge >= 0.3 is 5.97 Å². The zero-order valence-corrected chi connectivity index (χ0v) is 18.5. The number of thiazole rings is 1. The minimum absolute atomic E-state index is 0.00857. The highest BCUT2D eigenvalue weighted by Gasteiger charge is 2.25. The van der Waals surface area contributed by atoms with Crippen LogP contribution in [0.3, 0.4) is 0 Å². The average Bonchev–Trinajstić information content (AvgIpc) is 3.25.